The quantitative estimate of drug-likeness (QED) is 0.698. The van der Waals surface area contributed by atoms with E-state index in [4.69, 9.17) is 11.6 Å². The van der Waals surface area contributed by atoms with E-state index in [0.717, 1.165) is 19.9 Å². The van der Waals surface area contributed by atoms with Crippen molar-refractivity contribution in [3.8, 4) is 0 Å². The van der Waals surface area contributed by atoms with Crippen molar-refractivity contribution in [2.45, 2.75) is 13.3 Å². The van der Waals surface area contributed by atoms with E-state index < -0.39 is 0 Å². The van der Waals surface area contributed by atoms with E-state index in [1.807, 2.05) is 17.7 Å². The van der Waals surface area contributed by atoms with Gasteiger partial charge in [0.1, 0.15) is 0 Å². The van der Waals surface area contributed by atoms with Crippen molar-refractivity contribution in [2.75, 3.05) is 0 Å². The fourth-order valence-electron chi connectivity index (χ4n) is 2.09. The SMILES string of the molecule is Cc1ccc2c(c1)sc(=NC(=O)Cc1ccc(Cl)s1)n2C. The van der Waals surface area contributed by atoms with E-state index >= 15 is 0 Å². The lowest BCUT2D eigenvalue weighted by Crippen LogP contribution is -2.13. The van der Waals surface area contributed by atoms with Gasteiger partial charge in [-0.15, -0.1) is 11.3 Å². The molecule has 0 aliphatic rings. The largest absolute Gasteiger partial charge is 0.319 e. The standard InChI is InChI=1S/C15H13ClN2OS2/c1-9-3-5-11-12(7-9)21-15(18(11)2)17-14(19)8-10-4-6-13(16)20-10/h3-7H,8H2,1-2H3. The Hall–Kier alpha value is -1.43. The molecule has 0 saturated heterocycles. The fraction of sp³-hybridized carbons (Fsp3) is 0.200. The van der Waals surface area contributed by atoms with Crippen LogP contribution in [-0.4, -0.2) is 10.5 Å². The third kappa shape index (κ3) is 3.10. The molecule has 0 aliphatic carbocycles. The van der Waals surface area contributed by atoms with Crippen LogP contribution in [0.5, 0.6) is 0 Å². The monoisotopic (exact) mass is 336 g/mol. The molecule has 0 unspecified atom stereocenters. The van der Waals surface area contributed by atoms with Crippen molar-refractivity contribution in [1.82, 2.24) is 4.57 Å². The summed E-state index contributed by atoms with van der Waals surface area (Å²) >= 11 is 8.83. The Bertz CT molecular complexity index is 889. The van der Waals surface area contributed by atoms with Gasteiger partial charge in [-0.25, -0.2) is 0 Å². The Morgan fingerprint density at radius 3 is 2.81 bits per heavy atom. The highest BCUT2D eigenvalue weighted by atomic mass is 35.5. The van der Waals surface area contributed by atoms with E-state index in [-0.39, 0.29) is 5.91 Å². The predicted molar refractivity (Wildman–Crippen MR) is 89.1 cm³/mol. The molecule has 3 nitrogen and oxygen atoms in total. The second kappa shape index (κ2) is 5.75. The van der Waals surface area contributed by atoms with Gasteiger partial charge in [0.2, 0.25) is 0 Å². The summed E-state index contributed by atoms with van der Waals surface area (Å²) in [4.78, 5) is 18.0. The first kappa shape index (κ1) is 14.5. The van der Waals surface area contributed by atoms with E-state index in [0.29, 0.717) is 10.8 Å². The molecule has 3 aromatic rings. The van der Waals surface area contributed by atoms with Crippen LogP contribution in [0.15, 0.2) is 35.3 Å². The molecule has 0 atom stereocenters. The Kier molecular flexibility index (Phi) is 3.97. The van der Waals surface area contributed by atoms with Gasteiger partial charge in [0.05, 0.1) is 21.0 Å². The molecular weight excluding hydrogens is 324 g/mol. The number of aromatic nitrogens is 1. The van der Waals surface area contributed by atoms with Crippen LogP contribution in [-0.2, 0) is 18.3 Å². The van der Waals surface area contributed by atoms with Crippen molar-refractivity contribution in [1.29, 1.82) is 0 Å². The van der Waals surface area contributed by atoms with Crippen molar-refractivity contribution < 1.29 is 4.79 Å². The van der Waals surface area contributed by atoms with E-state index in [9.17, 15) is 4.79 Å². The lowest BCUT2D eigenvalue weighted by molar-refractivity contribution is -0.117. The zero-order valence-electron chi connectivity index (χ0n) is 11.6. The molecule has 0 bridgehead atoms. The third-order valence-electron chi connectivity index (χ3n) is 3.14. The molecule has 0 fully saturated rings. The summed E-state index contributed by atoms with van der Waals surface area (Å²) in [5, 5.41) is 0. The summed E-state index contributed by atoms with van der Waals surface area (Å²) in [6.07, 6.45) is 0.296. The minimum absolute atomic E-state index is 0.146. The van der Waals surface area contributed by atoms with Crippen LogP contribution in [0.25, 0.3) is 10.2 Å². The minimum Gasteiger partial charge on any atom is -0.319 e. The summed E-state index contributed by atoms with van der Waals surface area (Å²) in [5.74, 6) is -0.146. The highest BCUT2D eigenvalue weighted by molar-refractivity contribution is 7.16. The first-order valence-electron chi connectivity index (χ1n) is 6.41. The number of amides is 1. The van der Waals surface area contributed by atoms with Crippen LogP contribution in [0.1, 0.15) is 10.4 Å². The van der Waals surface area contributed by atoms with Crippen molar-refractivity contribution >= 4 is 50.4 Å². The molecule has 0 spiro atoms. The second-order valence-corrected chi connectivity index (χ2v) is 7.61. The number of fused-ring (bicyclic) bond motifs is 1. The third-order valence-corrected chi connectivity index (χ3v) is 5.47. The number of thiazole rings is 1. The van der Waals surface area contributed by atoms with Crippen LogP contribution in [0, 0.1) is 6.92 Å². The molecule has 3 rings (SSSR count). The predicted octanol–water partition coefficient (Wildman–Crippen LogP) is 3.93. The number of halogens is 1. The number of carbonyl (C=O) groups is 1. The number of thiophene rings is 1. The molecule has 0 aliphatic heterocycles. The topological polar surface area (TPSA) is 34.4 Å². The fourth-order valence-corrected chi connectivity index (χ4v) is 4.30. The van der Waals surface area contributed by atoms with Crippen LogP contribution < -0.4 is 4.80 Å². The number of hydrogen-bond acceptors (Lipinski definition) is 3. The Balaban J connectivity index is 1.95. The first-order valence-corrected chi connectivity index (χ1v) is 8.42. The summed E-state index contributed by atoms with van der Waals surface area (Å²) in [5.41, 5.74) is 2.30. The summed E-state index contributed by atoms with van der Waals surface area (Å²) in [6, 6.07) is 9.91. The lowest BCUT2D eigenvalue weighted by Gasteiger charge is -1.96. The van der Waals surface area contributed by atoms with Gasteiger partial charge in [-0.1, -0.05) is 29.0 Å². The lowest BCUT2D eigenvalue weighted by atomic mass is 10.2. The van der Waals surface area contributed by atoms with Gasteiger partial charge in [0.15, 0.2) is 4.80 Å². The molecule has 6 heteroatoms. The Morgan fingerprint density at radius 1 is 1.29 bits per heavy atom. The molecule has 0 radical (unpaired) electrons. The van der Waals surface area contributed by atoms with Crippen LogP contribution in [0.4, 0.5) is 0 Å². The highest BCUT2D eigenvalue weighted by Crippen LogP contribution is 2.22. The molecule has 2 aromatic heterocycles. The van der Waals surface area contributed by atoms with Gasteiger partial charge in [0, 0.05) is 11.9 Å². The zero-order chi connectivity index (χ0) is 15.0. The minimum atomic E-state index is -0.146. The number of nitrogens with zero attached hydrogens (tertiary/aromatic N) is 2. The van der Waals surface area contributed by atoms with Crippen molar-refractivity contribution in [3.63, 3.8) is 0 Å². The number of benzene rings is 1. The maximum Gasteiger partial charge on any atom is 0.253 e. The highest BCUT2D eigenvalue weighted by Gasteiger charge is 2.07. The molecule has 1 amide bonds. The van der Waals surface area contributed by atoms with E-state index in [1.165, 1.54) is 28.2 Å². The van der Waals surface area contributed by atoms with Crippen LogP contribution >= 0.6 is 34.3 Å². The van der Waals surface area contributed by atoms with Gasteiger partial charge < -0.3 is 4.57 Å². The number of carbonyl (C=O) groups excluding carboxylic acids is 1. The van der Waals surface area contributed by atoms with Crippen molar-refractivity contribution in [2.24, 2.45) is 12.0 Å². The van der Waals surface area contributed by atoms with Crippen molar-refractivity contribution in [3.05, 3.63) is 49.9 Å². The average Bonchev–Trinajstić information content (AvgIpc) is 2.94. The summed E-state index contributed by atoms with van der Waals surface area (Å²) in [7, 11) is 1.93. The van der Waals surface area contributed by atoms with Gasteiger partial charge in [-0.05, 0) is 36.8 Å². The number of hydrogen-bond donors (Lipinski definition) is 0. The van der Waals surface area contributed by atoms with Gasteiger partial charge in [-0.2, -0.15) is 4.99 Å². The normalized spacial score (nSPS) is 12.2. The maximum absolute atomic E-state index is 12.1. The molecule has 0 N–H and O–H groups in total. The average molecular weight is 337 g/mol. The molecule has 0 saturated carbocycles. The Morgan fingerprint density at radius 2 is 2.10 bits per heavy atom. The summed E-state index contributed by atoms with van der Waals surface area (Å²) in [6.45, 7) is 2.06. The van der Waals surface area contributed by atoms with Crippen LogP contribution in [0.2, 0.25) is 4.34 Å². The zero-order valence-corrected chi connectivity index (χ0v) is 14.0. The Labute approximate surface area is 135 Å². The summed E-state index contributed by atoms with van der Waals surface area (Å²) < 4.78 is 3.79. The second-order valence-electron chi connectivity index (χ2n) is 4.80. The number of rotatable bonds is 2. The molecule has 1 aromatic carbocycles. The van der Waals surface area contributed by atoms with Crippen LogP contribution in [0.3, 0.4) is 0 Å². The van der Waals surface area contributed by atoms with E-state index in [2.05, 4.69) is 30.1 Å². The first-order chi connectivity index (χ1) is 10.0. The van der Waals surface area contributed by atoms with Gasteiger partial charge in [-0.3, -0.25) is 4.79 Å². The molecule has 2 heterocycles. The molecule has 21 heavy (non-hydrogen) atoms. The molecule has 108 valence electrons. The van der Waals surface area contributed by atoms with E-state index in [1.54, 1.807) is 6.07 Å². The van der Waals surface area contributed by atoms with Gasteiger partial charge >= 0.3 is 0 Å². The number of aryl methyl sites for hydroxylation is 2. The smallest absolute Gasteiger partial charge is 0.253 e. The maximum atomic E-state index is 12.1. The molecular formula is C15H13ClN2OS2. The van der Waals surface area contributed by atoms with Gasteiger partial charge in [0.25, 0.3) is 5.91 Å².